The Labute approximate surface area is 127 Å². The highest BCUT2D eigenvalue weighted by Gasteiger charge is 2.27. The van der Waals surface area contributed by atoms with E-state index in [0.717, 1.165) is 0 Å². The van der Waals surface area contributed by atoms with Crippen molar-refractivity contribution < 1.29 is 24.2 Å². The largest absolute Gasteiger partial charge is 0.481 e. The SMILES string of the molecule is CC(C)(CCNC(=O)c1cc(Cl)c2c(c1)OCO2)C(=O)O. The molecule has 0 aromatic heterocycles. The predicted octanol–water partition coefficient (Wildman–Crippen LogP) is 2.30. The number of amides is 1. The summed E-state index contributed by atoms with van der Waals surface area (Å²) in [6.45, 7) is 3.55. The summed E-state index contributed by atoms with van der Waals surface area (Å²) in [4.78, 5) is 23.0. The van der Waals surface area contributed by atoms with Crippen LogP contribution in [0.3, 0.4) is 0 Å². The van der Waals surface area contributed by atoms with E-state index in [1.165, 1.54) is 6.07 Å². The molecule has 0 aliphatic carbocycles. The number of hydrogen-bond acceptors (Lipinski definition) is 4. The number of fused-ring (bicyclic) bond motifs is 1. The Balaban J connectivity index is 1.99. The van der Waals surface area contributed by atoms with Crippen molar-refractivity contribution in [2.75, 3.05) is 13.3 Å². The molecule has 1 aromatic carbocycles. The van der Waals surface area contributed by atoms with Crippen LogP contribution in [-0.4, -0.2) is 30.3 Å². The van der Waals surface area contributed by atoms with E-state index in [9.17, 15) is 9.59 Å². The highest BCUT2D eigenvalue weighted by molar-refractivity contribution is 6.32. The summed E-state index contributed by atoms with van der Waals surface area (Å²) in [5.74, 6) is -0.377. The maximum Gasteiger partial charge on any atom is 0.309 e. The third kappa shape index (κ3) is 3.39. The molecule has 1 heterocycles. The van der Waals surface area contributed by atoms with Gasteiger partial charge in [0, 0.05) is 12.1 Å². The lowest BCUT2D eigenvalue weighted by atomic mass is 9.90. The quantitative estimate of drug-likeness (QED) is 0.871. The van der Waals surface area contributed by atoms with Gasteiger partial charge in [-0.1, -0.05) is 11.6 Å². The minimum atomic E-state index is -0.900. The fourth-order valence-electron chi connectivity index (χ4n) is 1.80. The van der Waals surface area contributed by atoms with Gasteiger partial charge in [0.25, 0.3) is 5.91 Å². The summed E-state index contributed by atoms with van der Waals surface area (Å²) in [5.41, 5.74) is -0.544. The minimum Gasteiger partial charge on any atom is -0.481 e. The maximum atomic E-state index is 12.0. The van der Waals surface area contributed by atoms with Gasteiger partial charge < -0.3 is 19.9 Å². The van der Waals surface area contributed by atoms with E-state index >= 15 is 0 Å². The summed E-state index contributed by atoms with van der Waals surface area (Å²) in [6.07, 6.45) is 0.326. The molecule has 7 heteroatoms. The van der Waals surface area contributed by atoms with Gasteiger partial charge in [-0.15, -0.1) is 0 Å². The second-order valence-electron chi connectivity index (χ2n) is 5.39. The number of nitrogens with one attached hydrogen (secondary N) is 1. The third-order valence-corrected chi connectivity index (χ3v) is 3.58. The van der Waals surface area contributed by atoms with E-state index < -0.39 is 11.4 Å². The molecule has 0 saturated carbocycles. The van der Waals surface area contributed by atoms with E-state index in [0.29, 0.717) is 28.5 Å². The first-order valence-corrected chi connectivity index (χ1v) is 6.80. The topological polar surface area (TPSA) is 84.9 Å². The van der Waals surface area contributed by atoms with Gasteiger partial charge in [-0.3, -0.25) is 9.59 Å². The fourth-order valence-corrected chi connectivity index (χ4v) is 2.06. The van der Waals surface area contributed by atoms with Crippen molar-refractivity contribution in [3.8, 4) is 11.5 Å². The average Bonchev–Trinajstić information content (AvgIpc) is 2.87. The maximum absolute atomic E-state index is 12.0. The number of carboxylic acid groups (broad SMARTS) is 1. The molecule has 1 aromatic rings. The smallest absolute Gasteiger partial charge is 0.309 e. The van der Waals surface area contributed by atoms with Crippen LogP contribution in [0.25, 0.3) is 0 Å². The number of rotatable bonds is 5. The van der Waals surface area contributed by atoms with Crippen LogP contribution in [0.5, 0.6) is 11.5 Å². The van der Waals surface area contributed by atoms with E-state index in [1.807, 2.05) is 0 Å². The van der Waals surface area contributed by atoms with Crippen molar-refractivity contribution in [3.63, 3.8) is 0 Å². The van der Waals surface area contributed by atoms with Gasteiger partial charge in [0.15, 0.2) is 11.5 Å². The molecule has 0 bridgehead atoms. The number of carbonyl (C=O) groups is 2. The Morgan fingerprint density at radius 2 is 2.10 bits per heavy atom. The second-order valence-corrected chi connectivity index (χ2v) is 5.79. The lowest BCUT2D eigenvalue weighted by Gasteiger charge is -2.18. The van der Waals surface area contributed by atoms with Crippen LogP contribution >= 0.6 is 11.6 Å². The minimum absolute atomic E-state index is 0.0763. The Hall–Kier alpha value is -1.95. The molecule has 114 valence electrons. The number of carbonyl (C=O) groups excluding carboxylic acids is 1. The summed E-state index contributed by atoms with van der Waals surface area (Å²) in [7, 11) is 0. The summed E-state index contributed by atoms with van der Waals surface area (Å²) < 4.78 is 10.4. The Morgan fingerprint density at radius 1 is 1.38 bits per heavy atom. The zero-order valence-corrected chi connectivity index (χ0v) is 12.5. The lowest BCUT2D eigenvalue weighted by molar-refractivity contribution is -0.147. The van der Waals surface area contributed by atoms with Crippen molar-refractivity contribution in [2.24, 2.45) is 5.41 Å². The normalized spacial score (nSPS) is 13.1. The molecule has 2 N–H and O–H groups in total. The molecule has 21 heavy (non-hydrogen) atoms. The van der Waals surface area contributed by atoms with Crippen molar-refractivity contribution in [3.05, 3.63) is 22.7 Å². The Kier molecular flexibility index (Phi) is 4.27. The second kappa shape index (κ2) is 5.81. The van der Waals surface area contributed by atoms with Crippen LogP contribution in [-0.2, 0) is 4.79 Å². The molecular weight excluding hydrogens is 298 g/mol. The van der Waals surface area contributed by atoms with Crippen molar-refractivity contribution >= 4 is 23.5 Å². The molecule has 0 atom stereocenters. The van der Waals surface area contributed by atoms with E-state index in [2.05, 4.69) is 5.32 Å². The van der Waals surface area contributed by atoms with Gasteiger partial charge in [0.2, 0.25) is 6.79 Å². The number of carboxylic acids is 1. The van der Waals surface area contributed by atoms with Gasteiger partial charge in [-0.25, -0.2) is 0 Å². The summed E-state index contributed by atoms with van der Waals surface area (Å²) in [5, 5.41) is 12.0. The molecule has 0 unspecified atom stereocenters. The molecule has 0 saturated heterocycles. The van der Waals surface area contributed by atoms with E-state index in [-0.39, 0.29) is 19.2 Å². The monoisotopic (exact) mass is 313 g/mol. The van der Waals surface area contributed by atoms with Crippen LogP contribution in [0.2, 0.25) is 5.02 Å². The number of ether oxygens (including phenoxy) is 2. The first-order chi connectivity index (χ1) is 9.81. The van der Waals surface area contributed by atoms with Crippen LogP contribution < -0.4 is 14.8 Å². The number of hydrogen-bond donors (Lipinski definition) is 2. The molecule has 0 fully saturated rings. The molecule has 1 aliphatic heterocycles. The van der Waals surface area contributed by atoms with E-state index in [4.69, 9.17) is 26.2 Å². The first-order valence-electron chi connectivity index (χ1n) is 6.42. The molecule has 1 aliphatic rings. The summed E-state index contributed by atoms with van der Waals surface area (Å²) >= 11 is 6.00. The molecule has 6 nitrogen and oxygen atoms in total. The van der Waals surface area contributed by atoms with Gasteiger partial charge >= 0.3 is 5.97 Å². The first kappa shape index (κ1) is 15.4. The van der Waals surface area contributed by atoms with Crippen molar-refractivity contribution in [1.82, 2.24) is 5.32 Å². The van der Waals surface area contributed by atoms with Gasteiger partial charge in [-0.05, 0) is 32.4 Å². The van der Waals surface area contributed by atoms with Gasteiger partial charge in [-0.2, -0.15) is 0 Å². The number of halogens is 1. The van der Waals surface area contributed by atoms with Crippen LogP contribution in [0.4, 0.5) is 0 Å². The number of benzene rings is 1. The van der Waals surface area contributed by atoms with Crippen LogP contribution in [0.1, 0.15) is 30.6 Å². The Bertz CT molecular complexity index is 585. The zero-order chi connectivity index (χ0) is 15.6. The van der Waals surface area contributed by atoms with Gasteiger partial charge in [0.05, 0.1) is 10.4 Å². The van der Waals surface area contributed by atoms with Crippen LogP contribution in [0.15, 0.2) is 12.1 Å². The molecule has 1 amide bonds. The zero-order valence-electron chi connectivity index (χ0n) is 11.7. The van der Waals surface area contributed by atoms with Crippen molar-refractivity contribution in [2.45, 2.75) is 20.3 Å². The standard InChI is InChI=1S/C14H16ClNO5/c1-14(2,13(18)19)3-4-16-12(17)8-5-9(15)11-10(6-8)20-7-21-11/h5-6H,3-4,7H2,1-2H3,(H,16,17)(H,18,19). The highest BCUT2D eigenvalue weighted by Crippen LogP contribution is 2.39. The summed E-state index contributed by atoms with van der Waals surface area (Å²) in [6, 6.07) is 3.04. The lowest BCUT2D eigenvalue weighted by Crippen LogP contribution is -2.31. The highest BCUT2D eigenvalue weighted by atomic mass is 35.5. The third-order valence-electron chi connectivity index (χ3n) is 3.30. The van der Waals surface area contributed by atoms with E-state index in [1.54, 1.807) is 19.9 Å². The van der Waals surface area contributed by atoms with Gasteiger partial charge in [0.1, 0.15) is 0 Å². The predicted molar refractivity (Wildman–Crippen MR) is 75.9 cm³/mol. The molecule has 0 radical (unpaired) electrons. The van der Waals surface area contributed by atoms with Crippen LogP contribution in [0, 0.1) is 5.41 Å². The molecule has 2 rings (SSSR count). The molecular formula is C14H16ClNO5. The average molecular weight is 314 g/mol. The number of aliphatic carboxylic acids is 1. The fraction of sp³-hybridized carbons (Fsp3) is 0.429. The molecule has 0 spiro atoms. The van der Waals surface area contributed by atoms with Crippen molar-refractivity contribution in [1.29, 1.82) is 0 Å². The Morgan fingerprint density at radius 3 is 2.76 bits per heavy atom.